The van der Waals surface area contributed by atoms with Gasteiger partial charge in [-0.1, -0.05) is 24.6 Å². The summed E-state index contributed by atoms with van der Waals surface area (Å²) in [6.45, 7) is 2.57. The molecule has 0 radical (unpaired) electrons. The van der Waals surface area contributed by atoms with Crippen LogP contribution in [0.2, 0.25) is 5.02 Å². The first-order valence-electron chi connectivity index (χ1n) is 9.35. The molecule has 2 aromatic heterocycles. The van der Waals surface area contributed by atoms with E-state index in [1.54, 1.807) is 24.5 Å². The second kappa shape index (κ2) is 8.55. The fourth-order valence-electron chi connectivity index (χ4n) is 3.31. The molecule has 1 N–H and O–H groups in total. The van der Waals surface area contributed by atoms with Gasteiger partial charge in [-0.3, -0.25) is 4.79 Å². The minimum atomic E-state index is -0.617. The van der Waals surface area contributed by atoms with Crippen molar-refractivity contribution in [3.05, 3.63) is 59.9 Å². The summed E-state index contributed by atoms with van der Waals surface area (Å²) in [5, 5.41) is 3.79. The van der Waals surface area contributed by atoms with Crippen LogP contribution in [0.5, 0.6) is 0 Å². The lowest BCUT2D eigenvalue weighted by Gasteiger charge is -2.26. The van der Waals surface area contributed by atoms with E-state index >= 15 is 0 Å². The van der Waals surface area contributed by atoms with Crippen LogP contribution >= 0.6 is 11.6 Å². The van der Waals surface area contributed by atoms with E-state index in [0.29, 0.717) is 23.4 Å². The van der Waals surface area contributed by atoms with Gasteiger partial charge in [-0.2, -0.15) is 0 Å². The molecule has 4 rings (SSSR count). The van der Waals surface area contributed by atoms with Gasteiger partial charge in [0, 0.05) is 28.7 Å². The highest BCUT2D eigenvalue weighted by Crippen LogP contribution is 2.29. The first kappa shape index (κ1) is 19.3. The Labute approximate surface area is 173 Å². The Morgan fingerprint density at radius 1 is 1.24 bits per heavy atom. The number of halogens is 1. The Balaban J connectivity index is 1.62. The molecule has 2 atom stereocenters. The molecule has 3 heterocycles. The number of anilines is 3. The van der Waals surface area contributed by atoms with E-state index in [9.17, 15) is 4.79 Å². The summed E-state index contributed by atoms with van der Waals surface area (Å²) in [6, 6.07) is 13.1. The van der Waals surface area contributed by atoms with E-state index in [1.165, 1.54) is 0 Å². The zero-order chi connectivity index (χ0) is 20.2. The number of nitrogens with one attached hydrogen (secondary N) is 1. The van der Waals surface area contributed by atoms with E-state index in [1.807, 2.05) is 35.2 Å². The quantitative estimate of drug-likeness (QED) is 0.614. The van der Waals surface area contributed by atoms with Crippen LogP contribution in [0.15, 0.2) is 54.9 Å². The Kier molecular flexibility index (Phi) is 5.69. The van der Waals surface area contributed by atoms with Crippen molar-refractivity contribution < 1.29 is 9.53 Å². The van der Waals surface area contributed by atoms with Gasteiger partial charge in [0.15, 0.2) is 12.5 Å². The number of aldehydes is 1. The third-order valence-electron chi connectivity index (χ3n) is 4.76. The summed E-state index contributed by atoms with van der Waals surface area (Å²) in [7, 11) is 0. The number of ether oxygens (including phenoxy) is 1. The average molecular weight is 410 g/mol. The monoisotopic (exact) mass is 409 g/mol. The first-order chi connectivity index (χ1) is 14.2. The lowest BCUT2D eigenvalue weighted by Crippen LogP contribution is -2.38. The molecule has 0 spiro atoms. The number of hydrogen-bond acceptors (Lipinski definition) is 7. The molecule has 0 aliphatic carbocycles. The second-order valence-electron chi connectivity index (χ2n) is 6.63. The molecule has 2 unspecified atom stereocenters. The van der Waals surface area contributed by atoms with Crippen molar-refractivity contribution >= 4 is 35.3 Å². The minimum absolute atomic E-state index is 0.110. The van der Waals surface area contributed by atoms with E-state index in [-0.39, 0.29) is 6.04 Å². The van der Waals surface area contributed by atoms with Crippen molar-refractivity contribution in [2.75, 3.05) is 16.8 Å². The maximum Gasteiger partial charge on any atom is 0.227 e. The van der Waals surface area contributed by atoms with Crippen LogP contribution in [0, 0.1) is 0 Å². The highest BCUT2D eigenvalue weighted by atomic mass is 35.5. The number of carbonyl (C=O) groups is 1. The predicted octanol–water partition coefficient (Wildman–Crippen LogP) is 4.08. The SMILES string of the molecule is CCC1COC(C=O)N1c1cc(-c2ccnc(Nc3cccc(Cl)c3)n2)ccn1. The minimum Gasteiger partial charge on any atom is -0.349 e. The van der Waals surface area contributed by atoms with Gasteiger partial charge in [0.25, 0.3) is 0 Å². The molecule has 0 amide bonds. The largest absolute Gasteiger partial charge is 0.349 e. The zero-order valence-corrected chi connectivity index (χ0v) is 16.6. The van der Waals surface area contributed by atoms with Crippen molar-refractivity contribution in [1.29, 1.82) is 0 Å². The lowest BCUT2D eigenvalue weighted by atomic mass is 10.1. The summed E-state index contributed by atoms with van der Waals surface area (Å²) in [6.07, 6.45) is 4.45. The number of carbonyl (C=O) groups excluding carboxylic acids is 1. The Morgan fingerprint density at radius 3 is 2.90 bits per heavy atom. The van der Waals surface area contributed by atoms with Crippen LogP contribution in [0.4, 0.5) is 17.5 Å². The normalized spacial score (nSPS) is 18.6. The van der Waals surface area contributed by atoms with E-state index in [2.05, 4.69) is 27.2 Å². The van der Waals surface area contributed by atoms with Crippen molar-refractivity contribution in [2.24, 2.45) is 0 Å². The van der Waals surface area contributed by atoms with Gasteiger partial charge in [-0.05, 0) is 42.8 Å². The molecule has 1 aromatic carbocycles. The third-order valence-corrected chi connectivity index (χ3v) is 4.99. The number of benzene rings is 1. The Morgan fingerprint density at radius 2 is 2.10 bits per heavy atom. The Hall–Kier alpha value is -3.03. The van der Waals surface area contributed by atoms with Crippen molar-refractivity contribution in [3.8, 4) is 11.3 Å². The highest BCUT2D eigenvalue weighted by Gasteiger charge is 2.34. The van der Waals surface area contributed by atoms with E-state index in [4.69, 9.17) is 16.3 Å². The van der Waals surface area contributed by atoms with E-state index < -0.39 is 6.23 Å². The van der Waals surface area contributed by atoms with Crippen LogP contribution < -0.4 is 10.2 Å². The molecular weight excluding hydrogens is 390 g/mol. The van der Waals surface area contributed by atoms with Gasteiger partial charge in [-0.25, -0.2) is 15.0 Å². The molecular formula is C21H20ClN5O2. The topological polar surface area (TPSA) is 80.2 Å². The summed E-state index contributed by atoms with van der Waals surface area (Å²) >= 11 is 6.04. The van der Waals surface area contributed by atoms with Crippen molar-refractivity contribution in [1.82, 2.24) is 15.0 Å². The number of aromatic nitrogens is 3. The van der Waals surface area contributed by atoms with Crippen molar-refractivity contribution in [3.63, 3.8) is 0 Å². The predicted molar refractivity (Wildman–Crippen MR) is 112 cm³/mol. The molecule has 148 valence electrons. The van der Waals surface area contributed by atoms with Crippen LogP contribution in [-0.4, -0.2) is 40.1 Å². The zero-order valence-electron chi connectivity index (χ0n) is 15.8. The molecule has 7 nitrogen and oxygen atoms in total. The molecule has 1 saturated heterocycles. The smallest absolute Gasteiger partial charge is 0.227 e. The standard InChI is InChI=1S/C21H20ClN5O2/c1-2-17-13-29-20(12-28)27(17)19-10-14(6-8-23-19)18-7-9-24-21(26-18)25-16-5-3-4-15(22)11-16/h3-12,17,20H,2,13H2,1H3,(H,24,25,26). The molecule has 1 aliphatic rings. The average Bonchev–Trinajstić information content (AvgIpc) is 3.17. The molecule has 1 aliphatic heterocycles. The summed E-state index contributed by atoms with van der Waals surface area (Å²) in [5.41, 5.74) is 2.42. The molecule has 8 heteroatoms. The number of hydrogen-bond donors (Lipinski definition) is 1. The second-order valence-corrected chi connectivity index (χ2v) is 7.07. The van der Waals surface area contributed by atoms with Crippen LogP contribution in [0.25, 0.3) is 11.3 Å². The van der Waals surface area contributed by atoms with Gasteiger partial charge in [0.2, 0.25) is 5.95 Å². The molecule has 3 aromatic rings. The van der Waals surface area contributed by atoms with Gasteiger partial charge in [0.05, 0.1) is 18.3 Å². The summed E-state index contributed by atoms with van der Waals surface area (Å²) in [5.74, 6) is 1.15. The van der Waals surface area contributed by atoms with Crippen LogP contribution in [0.3, 0.4) is 0 Å². The third kappa shape index (κ3) is 4.21. The molecule has 1 fully saturated rings. The lowest BCUT2D eigenvalue weighted by molar-refractivity contribution is -0.115. The van der Waals surface area contributed by atoms with Gasteiger partial charge in [-0.15, -0.1) is 0 Å². The first-order valence-corrected chi connectivity index (χ1v) is 9.73. The number of rotatable bonds is 6. The van der Waals surface area contributed by atoms with Crippen molar-refractivity contribution in [2.45, 2.75) is 25.6 Å². The van der Waals surface area contributed by atoms with E-state index in [0.717, 1.165) is 29.7 Å². The number of pyridine rings is 1. The van der Waals surface area contributed by atoms with Gasteiger partial charge >= 0.3 is 0 Å². The molecule has 0 bridgehead atoms. The molecule has 29 heavy (non-hydrogen) atoms. The summed E-state index contributed by atoms with van der Waals surface area (Å²) < 4.78 is 5.58. The van der Waals surface area contributed by atoms with Crippen LogP contribution in [0.1, 0.15) is 13.3 Å². The highest BCUT2D eigenvalue weighted by molar-refractivity contribution is 6.30. The van der Waals surface area contributed by atoms with Gasteiger partial charge < -0.3 is 15.0 Å². The maximum absolute atomic E-state index is 11.4. The fraction of sp³-hybridized carbons (Fsp3) is 0.238. The fourth-order valence-corrected chi connectivity index (χ4v) is 3.50. The summed E-state index contributed by atoms with van der Waals surface area (Å²) in [4.78, 5) is 26.7. The Bertz CT molecular complexity index is 1020. The van der Waals surface area contributed by atoms with Gasteiger partial charge in [0.1, 0.15) is 5.82 Å². The van der Waals surface area contributed by atoms with Crippen LogP contribution in [-0.2, 0) is 9.53 Å². The number of nitrogens with zero attached hydrogens (tertiary/aromatic N) is 4. The molecule has 0 saturated carbocycles. The maximum atomic E-state index is 11.4.